The molecular formula is C8H15NO2. The summed E-state index contributed by atoms with van der Waals surface area (Å²) >= 11 is 0. The first-order chi connectivity index (χ1) is 5.24. The number of carbonyl (C=O) groups is 1. The molecule has 1 aliphatic rings. The lowest BCUT2D eigenvalue weighted by atomic mass is 10.1. The van der Waals surface area contributed by atoms with E-state index >= 15 is 0 Å². The molecule has 3 heteroatoms. The second-order valence-corrected chi connectivity index (χ2v) is 3.18. The molecule has 1 fully saturated rings. The highest BCUT2D eigenvalue weighted by atomic mass is 16.3. The van der Waals surface area contributed by atoms with Crippen molar-refractivity contribution in [3.8, 4) is 0 Å². The predicted molar refractivity (Wildman–Crippen MR) is 42.0 cm³/mol. The van der Waals surface area contributed by atoms with Crippen molar-refractivity contribution in [1.82, 2.24) is 5.32 Å². The van der Waals surface area contributed by atoms with Crippen LogP contribution in [0.5, 0.6) is 0 Å². The summed E-state index contributed by atoms with van der Waals surface area (Å²) in [7, 11) is 0. The Hall–Kier alpha value is -0.570. The number of hydrogen-bond acceptors (Lipinski definition) is 2. The summed E-state index contributed by atoms with van der Waals surface area (Å²) in [5, 5.41) is 11.7. The third-order valence-corrected chi connectivity index (χ3v) is 2.28. The van der Waals surface area contributed by atoms with E-state index < -0.39 is 0 Å². The van der Waals surface area contributed by atoms with Crippen LogP contribution in [-0.2, 0) is 4.79 Å². The van der Waals surface area contributed by atoms with E-state index in [2.05, 4.69) is 5.32 Å². The Morgan fingerprint density at radius 2 is 2.36 bits per heavy atom. The standard InChI is InChI=1S/C8H15NO2/c1-6(11)9-8-4-2-3-7(8)5-10/h7-8,10H,2-5H2,1H3,(H,9,11)/t7-,8+/m1/s1. The van der Waals surface area contributed by atoms with E-state index in [9.17, 15) is 4.79 Å². The molecule has 0 aromatic heterocycles. The lowest BCUT2D eigenvalue weighted by molar-refractivity contribution is -0.119. The Kier molecular flexibility index (Phi) is 2.88. The van der Waals surface area contributed by atoms with Crippen LogP contribution in [0.3, 0.4) is 0 Å². The fourth-order valence-corrected chi connectivity index (χ4v) is 1.71. The van der Waals surface area contributed by atoms with Crippen molar-refractivity contribution in [2.75, 3.05) is 6.61 Å². The molecule has 64 valence electrons. The zero-order valence-electron chi connectivity index (χ0n) is 6.84. The van der Waals surface area contributed by atoms with Crippen LogP contribution < -0.4 is 5.32 Å². The fourth-order valence-electron chi connectivity index (χ4n) is 1.71. The number of aliphatic hydroxyl groups is 1. The Morgan fingerprint density at radius 3 is 2.91 bits per heavy atom. The number of aliphatic hydroxyl groups excluding tert-OH is 1. The summed E-state index contributed by atoms with van der Waals surface area (Å²) in [6.45, 7) is 1.72. The molecule has 0 radical (unpaired) electrons. The summed E-state index contributed by atoms with van der Waals surface area (Å²) in [4.78, 5) is 10.7. The van der Waals surface area contributed by atoms with Gasteiger partial charge in [-0.15, -0.1) is 0 Å². The van der Waals surface area contributed by atoms with E-state index in [1.807, 2.05) is 0 Å². The molecule has 0 heterocycles. The van der Waals surface area contributed by atoms with E-state index in [1.54, 1.807) is 0 Å². The lowest BCUT2D eigenvalue weighted by Gasteiger charge is -2.17. The van der Waals surface area contributed by atoms with Gasteiger partial charge < -0.3 is 10.4 Å². The lowest BCUT2D eigenvalue weighted by Crippen LogP contribution is -2.37. The Bertz CT molecular complexity index is 147. The van der Waals surface area contributed by atoms with Crippen molar-refractivity contribution in [3.63, 3.8) is 0 Å². The highest BCUT2D eigenvalue weighted by Gasteiger charge is 2.26. The number of amides is 1. The van der Waals surface area contributed by atoms with Gasteiger partial charge in [0, 0.05) is 25.5 Å². The molecule has 1 aliphatic carbocycles. The molecule has 1 amide bonds. The van der Waals surface area contributed by atoms with Crippen LogP contribution in [0.25, 0.3) is 0 Å². The predicted octanol–water partition coefficient (Wildman–Crippen LogP) is 0.283. The molecule has 1 rings (SSSR count). The number of hydrogen-bond donors (Lipinski definition) is 2. The van der Waals surface area contributed by atoms with Gasteiger partial charge in [-0.25, -0.2) is 0 Å². The normalized spacial score (nSPS) is 30.4. The highest BCUT2D eigenvalue weighted by Crippen LogP contribution is 2.24. The van der Waals surface area contributed by atoms with Crippen molar-refractivity contribution in [2.45, 2.75) is 32.2 Å². The minimum atomic E-state index is 0.00958. The Balaban J connectivity index is 2.37. The zero-order chi connectivity index (χ0) is 8.27. The third kappa shape index (κ3) is 2.19. The second kappa shape index (κ2) is 3.72. The van der Waals surface area contributed by atoms with E-state index in [-0.39, 0.29) is 18.6 Å². The van der Waals surface area contributed by atoms with Crippen LogP contribution >= 0.6 is 0 Å². The average Bonchev–Trinajstić information content (AvgIpc) is 2.34. The van der Waals surface area contributed by atoms with Gasteiger partial charge in [0.2, 0.25) is 5.91 Å². The van der Waals surface area contributed by atoms with Crippen LogP contribution in [0.15, 0.2) is 0 Å². The maximum absolute atomic E-state index is 10.7. The van der Waals surface area contributed by atoms with Gasteiger partial charge in [-0.1, -0.05) is 6.42 Å². The van der Waals surface area contributed by atoms with Crippen LogP contribution in [-0.4, -0.2) is 23.7 Å². The van der Waals surface area contributed by atoms with E-state index in [4.69, 9.17) is 5.11 Å². The Morgan fingerprint density at radius 1 is 1.64 bits per heavy atom. The first kappa shape index (κ1) is 8.53. The maximum Gasteiger partial charge on any atom is 0.217 e. The first-order valence-electron chi connectivity index (χ1n) is 4.12. The smallest absolute Gasteiger partial charge is 0.217 e. The SMILES string of the molecule is CC(=O)N[C@H]1CCC[C@@H]1CO. The fraction of sp³-hybridized carbons (Fsp3) is 0.875. The molecule has 0 unspecified atom stereocenters. The summed E-state index contributed by atoms with van der Waals surface area (Å²) in [6.07, 6.45) is 3.18. The Labute approximate surface area is 66.8 Å². The van der Waals surface area contributed by atoms with Crippen molar-refractivity contribution in [2.24, 2.45) is 5.92 Å². The maximum atomic E-state index is 10.7. The molecular weight excluding hydrogens is 142 g/mol. The van der Waals surface area contributed by atoms with Crippen molar-refractivity contribution < 1.29 is 9.90 Å². The molecule has 3 nitrogen and oxygen atoms in total. The van der Waals surface area contributed by atoms with Gasteiger partial charge in [0.05, 0.1) is 0 Å². The van der Waals surface area contributed by atoms with E-state index in [0.717, 1.165) is 19.3 Å². The molecule has 2 atom stereocenters. The van der Waals surface area contributed by atoms with Crippen LogP contribution in [0.4, 0.5) is 0 Å². The van der Waals surface area contributed by atoms with Gasteiger partial charge >= 0.3 is 0 Å². The topological polar surface area (TPSA) is 49.3 Å². The largest absolute Gasteiger partial charge is 0.396 e. The minimum Gasteiger partial charge on any atom is -0.396 e. The second-order valence-electron chi connectivity index (χ2n) is 3.18. The number of nitrogens with one attached hydrogen (secondary N) is 1. The molecule has 0 aromatic rings. The van der Waals surface area contributed by atoms with Gasteiger partial charge in [0.25, 0.3) is 0 Å². The van der Waals surface area contributed by atoms with Crippen LogP contribution in [0, 0.1) is 5.92 Å². The molecule has 0 bridgehead atoms. The molecule has 1 saturated carbocycles. The van der Waals surface area contributed by atoms with Crippen molar-refractivity contribution in [3.05, 3.63) is 0 Å². The zero-order valence-corrected chi connectivity index (χ0v) is 6.84. The number of carbonyl (C=O) groups excluding carboxylic acids is 1. The van der Waals surface area contributed by atoms with Crippen molar-refractivity contribution >= 4 is 5.91 Å². The van der Waals surface area contributed by atoms with Crippen LogP contribution in [0.1, 0.15) is 26.2 Å². The van der Waals surface area contributed by atoms with Gasteiger partial charge in [-0.3, -0.25) is 4.79 Å². The van der Waals surface area contributed by atoms with Gasteiger partial charge in [-0.05, 0) is 12.8 Å². The summed E-state index contributed by atoms with van der Waals surface area (Å²) in [5.41, 5.74) is 0. The van der Waals surface area contributed by atoms with Gasteiger partial charge in [-0.2, -0.15) is 0 Å². The molecule has 0 aliphatic heterocycles. The quantitative estimate of drug-likeness (QED) is 0.605. The summed E-state index contributed by atoms with van der Waals surface area (Å²) in [6, 6.07) is 0.220. The molecule has 0 saturated heterocycles. The minimum absolute atomic E-state index is 0.00958. The van der Waals surface area contributed by atoms with Crippen LogP contribution in [0.2, 0.25) is 0 Å². The molecule has 0 spiro atoms. The highest BCUT2D eigenvalue weighted by molar-refractivity contribution is 5.73. The van der Waals surface area contributed by atoms with Crippen molar-refractivity contribution in [1.29, 1.82) is 0 Å². The number of rotatable bonds is 2. The third-order valence-electron chi connectivity index (χ3n) is 2.28. The monoisotopic (exact) mass is 157 g/mol. The molecule has 2 N–H and O–H groups in total. The average molecular weight is 157 g/mol. The molecule has 0 aromatic carbocycles. The van der Waals surface area contributed by atoms with Gasteiger partial charge in [0.15, 0.2) is 0 Å². The molecule has 11 heavy (non-hydrogen) atoms. The first-order valence-corrected chi connectivity index (χ1v) is 4.12. The summed E-state index contributed by atoms with van der Waals surface area (Å²) in [5.74, 6) is 0.300. The van der Waals surface area contributed by atoms with Gasteiger partial charge in [0.1, 0.15) is 0 Å². The summed E-state index contributed by atoms with van der Waals surface area (Å²) < 4.78 is 0. The van der Waals surface area contributed by atoms with E-state index in [1.165, 1.54) is 6.92 Å². The van der Waals surface area contributed by atoms with E-state index in [0.29, 0.717) is 5.92 Å².